The van der Waals surface area contributed by atoms with Crippen LogP contribution >= 0.6 is 0 Å². The summed E-state index contributed by atoms with van der Waals surface area (Å²) in [6.07, 6.45) is 8.78. The third kappa shape index (κ3) is 7.22. The molecule has 0 spiro atoms. The first-order valence-corrected chi connectivity index (χ1v) is 17.6. The molecule has 2 unspecified atom stereocenters. The summed E-state index contributed by atoms with van der Waals surface area (Å²) in [5.74, 6) is 1.08. The number of nitrogens with one attached hydrogen (secondary N) is 3. The molecule has 2 atom stereocenters. The van der Waals surface area contributed by atoms with E-state index in [4.69, 9.17) is 0 Å². The largest absolute Gasteiger partial charge is 0.322 e. The van der Waals surface area contributed by atoms with Gasteiger partial charge in [-0.25, -0.2) is 4.79 Å². The zero-order chi connectivity index (χ0) is 30.6. The molecule has 0 saturated carbocycles. The molecule has 4 aliphatic rings. The van der Waals surface area contributed by atoms with Crippen molar-refractivity contribution in [3.05, 3.63) is 59.8 Å². The molecule has 3 fully saturated rings. The van der Waals surface area contributed by atoms with Gasteiger partial charge in [0, 0.05) is 75.5 Å². The number of urea groups is 1. The summed E-state index contributed by atoms with van der Waals surface area (Å²) in [4.78, 5) is 23.4. The molecule has 9 heteroatoms. The van der Waals surface area contributed by atoms with E-state index in [0.717, 1.165) is 75.8 Å². The fourth-order valence-electron chi connectivity index (χ4n) is 8.40. The summed E-state index contributed by atoms with van der Waals surface area (Å²) < 4.78 is 0. The predicted octanol–water partition coefficient (Wildman–Crippen LogP) is 4.60. The van der Waals surface area contributed by atoms with Gasteiger partial charge in [-0.2, -0.15) is 5.10 Å². The van der Waals surface area contributed by atoms with Crippen LogP contribution in [-0.4, -0.2) is 120 Å². The Labute approximate surface area is 268 Å². The van der Waals surface area contributed by atoms with E-state index < -0.39 is 0 Å². The zero-order valence-electron chi connectivity index (χ0n) is 27.1. The number of piperazine rings is 1. The number of aromatic nitrogens is 2. The van der Waals surface area contributed by atoms with Crippen molar-refractivity contribution < 1.29 is 4.79 Å². The molecule has 242 valence electrons. The molecular formula is C36H52N8O. The number of fused-ring (bicyclic) bond motifs is 2. The van der Waals surface area contributed by atoms with Crippen molar-refractivity contribution in [3.8, 4) is 0 Å². The normalized spacial score (nSPS) is 23.0. The number of carbonyl (C=O) groups excluding carboxylic acids is 1. The van der Waals surface area contributed by atoms with Crippen LogP contribution in [0.15, 0.2) is 48.7 Å². The summed E-state index contributed by atoms with van der Waals surface area (Å²) in [6, 6.07) is 16.3. The molecule has 2 aromatic carbocycles. The van der Waals surface area contributed by atoms with Gasteiger partial charge in [-0.15, -0.1) is 0 Å². The number of carbonyl (C=O) groups is 1. The van der Waals surface area contributed by atoms with Crippen LogP contribution in [0.1, 0.15) is 56.1 Å². The summed E-state index contributed by atoms with van der Waals surface area (Å²) >= 11 is 0. The highest BCUT2D eigenvalue weighted by Gasteiger charge is 2.32. The lowest BCUT2D eigenvalue weighted by Gasteiger charge is -2.42. The minimum absolute atomic E-state index is 0.0719. The number of piperidine rings is 2. The maximum absolute atomic E-state index is 13.1. The molecule has 2 amide bonds. The van der Waals surface area contributed by atoms with Gasteiger partial charge in [0.1, 0.15) is 0 Å². The highest BCUT2D eigenvalue weighted by atomic mass is 16.2. The zero-order valence-corrected chi connectivity index (χ0v) is 27.1. The minimum atomic E-state index is 0.0719. The number of para-hydroxylation sites is 1. The van der Waals surface area contributed by atoms with Gasteiger partial charge in [-0.3, -0.25) is 10.00 Å². The Kier molecular flexibility index (Phi) is 9.68. The number of hydrogen-bond donors (Lipinski definition) is 3. The molecule has 5 heterocycles. The number of aromatic amines is 1. The number of H-pyrrole nitrogens is 1. The maximum atomic E-state index is 13.1. The summed E-state index contributed by atoms with van der Waals surface area (Å²) in [5, 5.41) is 15.3. The van der Waals surface area contributed by atoms with Gasteiger partial charge >= 0.3 is 6.03 Å². The van der Waals surface area contributed by atoms with Crippen LogP contribution in [-0.2, 0) is 6.42 Å². The Morgan fingerprint density at radius 1 is 0.889 bits per heavy atom. The van der Waals surface area contributed by atoms with Crippen molar-refractivity contribution in [2.45, 2.75) is 63.5 Å². The fraction of sp³-hybridized carbons (Fsp3) is 0.611. The van der Waals surface area contributed by atoms with Crippen LogP contribution in [0.4, 0.5) is 10.5 Å². The molecule has 0 aliphatic carbocycles. The Morgan fingerprint density at radius 3 is 2.47 bits per heavy atom. The lowest BCUT2D eigenvalue weighted by molar-refractivity contribution is 0.0824. The van der Waals surface area contributed by atoms with Gasteiger partial charge in [0.25, 0.3) is 0 Å². The molecule has 9 nitrogen and oxygen atoms in total. The predicted molar refractivity (Wildman–Crippen MR) is 182 cm³/mol. The first-order chi connectivity index (χ1) is 22.1. The first kappa shape index (κ1) is 30.7. The van der Waals surface area contributed by atoms with Crippen molar-refractivity contribution in [1.29, 1.82) is 0 Å². The second-order valence-electron chi connectivity index (χ2n) is 14.0. The average Bonchev–Trinajstić information content (AvgIpc) is 3.49. The van der Waals surface area contributed by atoms with Gasteiger partial charge in [-0.05, 0) is 99.3 Å². The fourth-order valence-corrected chi connectivity index (χ4v) is 8.40. The number of benzene rings is 2. The van der Waals surface area contributed by atoms with Crippen LogP contribution < -0.4 is 10.6 Å². The van der Waals surface area contributed by atoms with Crippen molar-refractivity contribution in [3.63, 3.8) is 0 Å². The van der Waals surface area contributed by atoms with Crippen LogP contribution in [0.3, 0.4) is 0 Å². The van der Waals surface area contributed by atoms with Crippen molar-refractivity contribution in [1.82, 2.24) is 35.1 Å². The monoisotopic (exact) mass is 612 g/mol. The van der Waals surface area contributed by atoms with Gasteiger partial charge in [-0.1, -0.05) is 31.2 Å². The number of nitrogens with zero attached hydrogens (tertiary/aromatic N) is 5. The molecular weight excluding hydrogens is 560 g/mol. The third-order valence-electron chi connectivity index (χ3n) is 11.4. The molecule has 0 bridgehead atoms. The lowest BCUT2D eigenvalue weighted by Crippen LogP contribution is -2.52. The second-order valence-corrected chi connectivity index (χ2v) is 14.0. The Bertz CT molecular complexity index is 1400. The summed E-state index contributed by atoms with van der Waals surface area (Å²) in [7, 11) is 0. The van der Waals surface area contributed by atoms with Crippen molar-refractivity contribution in [2.24, 2.45) is 5.92 Å². The van der Waals surface area contributed by atoms with E-state index in [9.17, 15) is 4.79 Å². The number of likely N-dealkylation sites (tertiary alicyclic amines) is 2. The van der Waals surface area contributed by atoms with Gasteiger partial charge in [0.15, 0.2) is 0 Å². The first-order valence-electron chi connectivity index (χ1n) is 17.6. The molecule has 0 radical (unpaired) electrons. The molecule has 1 aromatic heterocycles. The standard InChI is InChI=1S/C36H52N8O/c1-27(29-6-7-35-31(24-29)25-38-40-35)30(26-42-19-10-32(11-20-42)43-22-14-37-15-23-43)8-16-41-17-12-33(13-18-41)44-21-9-28-4-2-3-5-34(28)39-36(44)45/h2-7,24-25,27,30,32-33,37H,8-23,26H2,1H3,(H,38,40)(H,39,45). The SMILES string of the molecule is CC(c1ccc2[nH]ncc2c1)C(CCN1CCC(N2CCc3ccccc3NC2=O)CC1)CN1CCC(N2CCNCC2)CC1. The van der Waals surface area contributed by atoms with Crippen LogP contribution in [0.5, 0.6) is 0 Å². The maximum Gasteiger partial charge on any atom is 0.322 e. The number of anilines is 1. The Morgan fingerprint density at radius 2 is 1.64 bits per heavy atom. The van der Waals surface area contributed by atoms with Crippen LogP contribution in [0, 0.1) is 5.92 Å². The van der Waals surface area contributed by atoms with E-state index in [1.54, 1.807) is 0 Å². The van der Waals surface area contributed by atoms with E-state index >= 15 is 0 Å². The molecule has 4 aliphatic heterocycles. The van der Waals surface area contributed by atoms with Crippen LogP contribution in [0.2, 0.25) is 0 Å². The topological polar surface area (TPSA) is 82.8 Å². The lowest BCUT2D eigenvalue weighted by atomic mass is 9.83. The van der Waals surface area contributed by atoms with Gasteiger partial charge in [0.05, 0.1) is 11.7 Å². The molecule has 45 heavy (non-hydrogen) atoms. The average molecular weight is 613 g/mol. The van der Waals surface area contributed by atoms with Crippen molar-refractivity contribution >= 4 is 22.6 Å². The van der Waals surface area contributed by atoms with Gasteiger partial charge < -0.3 is 25.3 Å². The Hall–Kier alpha value is -2.98. The van der Waals surface area contributed by atoms with Gasteiger partial charge in [0.2, 0.25) is 0 Å². The highest BCUT2D eigenvalue weighted by Crippen LogP contribution is 2.32. The van der Waals surface area contributed by atoms with E-state index in [2.05, 4.69) is 77.7 Å². The smallest absolute Gasteiger partial charge is 0.321 e. The van der Waals surface area contributed by atoms with E-state index in [1.807, 2.05) is 18.3 Å². The quantitative estimate of drug-likeness (QED) is 0.328. The summed E-state index contributed by atoms with van der Waals surface area (Å²) in [6.45, 7) is 14.8. The van der Waals surface area contributed by atoms with Crippen LogP contribution in [0.25, 0.3) is 10.9 Å². The molecule has 7 rings (SSSR count). The number of hydrogen-bond acceptors (Lipinski definition) is 6. The molecule has 3 saturated heterocycles. The number of amides is 2. The van der Waals surface area contributed by atoms with E-state index in [-0.39, 0.29) is 6.03 Å². The highest BCUT2D eigenvalue weighted by molar-refractivity contribution is 5.91. The number of rotatable bonds is 9. The minimum Gasteiger partial charge on any atom is -0.321 e. The summed E-state index contributed by atoms with van der Waals surface area (Å²) in [5.41, 5.74) is 4.76. The Balaban J connectivity index is 0.955. The molecule has 3 N–H and O–H groups in total. The van der Waals surface area contributed by atoms with E-state index in [0.29, 0.717) is 17.9 Å². The second kappa shape index (κ2) is 14.2. The molecule has 3 aromatic rings. The van der Waals surface area contributed by atoms with Crippen molar-refractivity contribution in [2.75, 3.05) is 77.3 Å². The third-order valence-corrected chi connectivity index (χ3v) is 11.4. The van der Waals surface area contributed by atoms with E-state index in [1.165, 1.54) is 68.5 Å².